The second-order valence-electron chi connectivity index (χ2n) is 7.11. The third-order valence-corrected chi connectivity index (χ3v) is 6.67. The molecule has 1 aromatic heterocycles. The van der Waals surface area contributed by atoms with Crippen LogP contribution in [0.1, 0.15) is 11.4 Å². The average Bonchev–Trinajstić information content (AvgIpc) is 2.74. The van der Waals surface area contributed by atoms with Gasteiger partial charge in [0, 0.05) is 5.41 Å². The molecule has 1 saturated heterocycles. The Hall–Kier alpha value is -2.81. The zero-order chi connectivity index (χ0) is 20.3. The van der Waals surface area contributed by atoms with Crippen molar-refractivity contribution in [2.24, 2.45) is 0 Å². The Balaban J connectivity index is 1.39. The van der Waals surface area contributed by atoms with Gasteiger partial charge in [-0.15, -0.1) is 0 Å². The summed E-state index contributed by atoms with van der Waals surface area (Å²) in [5.74, 6) is 0.629. The van der Waals surface area contributed by atoms with Gasteiger partial charge in [-0.2, -0.15) is 4.31 Å². The SMILES string of the molecule is O=c1[nH]c(C[NH+]2CCN(S(=O)(=O)/C=C/c3ccccc3)CC2)nc2ccccc12. The van der Waals surface area contributed by atoms with E-state index in [0.717, 1.165) is 5.56 Å². The number of sulfonamides is 1. The lowest BCUT2D eigenvalue weighted by Crippen LogP contribution is -3.13. The second-order valence-corrected chi connectivity index (χ2v) is 8.93. The molecule has 3 aromatic rings. The van der Waals surface area contributed by atoms with Gasteiger partial charge in [0.15, 0.2) is 5.82 Å². The molecule has 2 N–H and O–H groups in total. The van der Waals surface area contributed by atoms with Gasteiger partial charge in [0.2, 0.25) is 10.0 Å². The Morgan fingerprint density at radius 3 is 2.48 bits per heavy atom. The summed E-state index contributed by atoms with van der Waals surface area (Å²) in [6, 6.07) is 16.6. The summed E-state index contributed by atoms with van der Waals surface area (Å²) < 4.78 is 26.7. The average molecular weight is 412 g/mol. The lowest BCUT2D eigenvalue weighted by molar-refractivity contribution is -0.917. The number of para-hydroxylation sites is 1. The third kappa shape index (κ3) is 4.61. The molecular formula is C21H23N4O3S+. The van der Waals surface area contributed by atoms with E-state index in [-0.39, 0.29) is 5.56 Å². The molecule has 1 aliphatic heterocycles. The van der Waals surface area contributed by atoms with Crippen LogP contribution in [0.25, 0.3) is 17.0 Å². The number of aromatic amines is 1. The van der Waals surface area contributed by atoms with E-state index in [4.69, 9.17) is 0 Å². The Bertz CT molecular complexity index is 1180. The van der Waals surface area contributed by atoms with Crippen LogP contribution >= 0.6 is 0 Å². The molecule has 150 valence electrons. The van der Waals surface area contributed by atoms with Gasteiger partial charge in [0.1, 0.15) is 6.54 Å². The van der Waals surface area contributed by atoms with Crippen molar-refractivity contribution in [3.8, 4) is 0 Å². The molecule has 2 aromatic carbocycles. The predicted molar refractivity (Wildman–Crippen MR) is 113 cm³/mol. The van der Waals surface area contributed by atoms with E-state index in [2.05, 4.69) is 9.97 Å². The second kappa shape index (κ2) is 8.28. The van der Waals surface area contributed by atoms with E-state index in [1.807, 2.05) is 48.5 Å². The van der Waals surface area contributed by atoms with E-state index in [9.17, 15) is 13.2 Å². The number of fused-ring (bicyclic) bond motifs is 1. The van der Waals surface area contributed by atoms with Gasteiger partial charge < -0.3 is 9.88 Å². The van der Waals surface area contributed by atoms with Crippen LogP contribution < -0.4 is 10.5 Å². The summed E-state index contributed by atoms with van der Waals surface area (Å²) in [6.45, 7) is 2.76. The minimum Gasteiger partial charge on any atom is -0.326 e. The number of hydrogen-bond acceptors (Lipinski definition) is 4. The van der Waals surface area contributed by atoms with Crippen molar-refractivity contribution in [1.29, 1.82) is 0 Å². The molecule has 0 aliphatic carbocycles. The summed E-state index contributed by atoms with van der Waals surface area (Å²) >= 11 is 0. The van der Waals surface area contributed by atoms with Crippen molar-refractivity contribution < 1.29 is 13.3 Å². The number of piperazine rings is 1. The van der Waals surface area contributed by atoms with Crippen molar-refractivity contribution in [1.82, 2.24) is 14.3 Å². The normalized spacial score (nSPS) is 16.6. The minimum atomic E-state index is -3.45. The molecule has 1 aliphatic rings. The van der Waals surface area contributed by atoms with Gasteiger partial charge in [-0.3, -0.25) is 4.79 Å². The number of aromatic nitrogens is 2. The van der Waals surface area contributed by atoms with Crippen LogP contribution in [-0.4, -0.2) is 48.9 Å². The van der Waals surface area contributed by atoms with E-state index in [1.165, 1.54) is 14.6 Å². The molecule has 0 amide bonds. The van der Waals surface area contributed by atoms with Crippen LogP contribution in [0.4, 0.5) is 0 Å². The Kier molecular flexibility index (Phi) is 5.57. The molecular weight excluding hydrogens is 388 g/mol. The van der Waals surface area contributed by atoms with Crippen molar-refractivity contribution in [3.05, 3.63) is 81.7 Å². The van der Waals surface area contributed by atoms with Gasteiger partial charge in [-0.25, -0.2) is 13.4 Å². The molecule has 0 spiro atoms. The lowest BCUT2D eigenvalue weighted by Gasteiger charge is -2.30. The largest absolute Gasteiger partial charge is 0.326 e. The zero-order valence-electron chi connectivity index (χ0n) is 15.9. The van der Waals surface area contributed by atoms with Gasteiger partial charge in [-0.1, -0.05) is 42.5 Å². The quantitative estimate of drug-likeness (QED) is 0.645. The van der Waals surface area contributed by atoms with Gasteiger partial charge in [0.05, 0.1) is 37.1 Å². The zero-order valence-corrected chi connectivity index (χ0v) is 16.7. The number of rotatable bonds is 5. The molecule has 7 nitrogen and oxygen atoms in total. The summed E-state index contributed by atoms with van der Waals surface area (Å²) in [4.78, 5) is 20.8. The van der Waals surface area contributed by atoms with Crippen LogP contribution in [0, 0.1) is 0 Å². The molecule has 29 heavy (non-hydrogen) atoms. The summed E-state index contributed by atoms with van der Waals surface area (Å²) in [7, 11) is -3.45. The van der Waals surface area contributed by atoms with Gasteiger partial charge >= 0.3 is 0 Å². The number of benzene rings is 2. The van der Waals surface area contributed by atoms with Crippen molar-refractivity contribution >= 4 is 27.0 Å². The molecule has 1 fully saturated rings. The summed E-state index contributed by atoms with van der Waals surface area (Å²) in [6.07, 6.45) is 1.62. The number of nitrogens with zero attached hydrogens (tertiary/aromatic N) is 2. The molecule has 2 heterocycles. The van der Waals surface area contributed by atoms with Crippen LogP contribution in [-0.2, 0) is 16.6 Å². The smallest absolute Gasteiger partial charge is 0.258 e. The molecule has 0 radical (unpaired) electrons. The van der Waals surface area contributed by atoms with Crippen LogP contribution in [0.5, 0.6) is 0 Å². The van der Waals surface area contributed by atoms with Crippen LogP contribution in [0.15, 0.2) is 64.8 Å². The minimum absolute atomic E-state index is 0.141. The maximum Gasteiger partial charge on any atom is 0.258 e. The predicted octanol–water partition coefficient (Wildman–Crippen LogP) is 0.624. The number of H-pyrrole nitrogens is 1. The summed E-state index contributed by atoms with van der Waals surface area (Å²) in [5, 5.41) is 1.85. The highest BCUT2D eigenvalue weighted by atomic mass is 32.2. The Morgan fingerprint density at radius 1 is 1.03 bits per heavy atom. The van der Waals surface area contributed by atoms with E-state index < -0.39 is 10.0 Å². The highest BCUT2D eigenvalue weighted by molar-refractivity contribution is 7.92. The molecule has 8 heteroatoms. The fourth-order valence-electron chi connectivity index (χ4n) is 3.50. The Labute approximate surface area is 169 Å². The molecule has 0 bridgehead atoms. The van der Waals surface area contributed by atoms with E-state index in [1.54, 1.807) is 12.1 Å². The maximum atomic E-state index is 12.6. The van der Waals surface area contributed by atoms with Crippen LogP contribution in [0.2, 0.25) is 0 Å². The first-order valence-electron chi connectivity index (χ1n) is 9.56. The lowest BCUT2D eigenvalue weighted by atomic mass is 10.2. The third-order valence-electron chi connectivity index (χ3n) is 5.10. The summed E-state index contributed by atoms with van der Waals surface area (Å²) in [5.41, 5.74) is 1.39. The highest BCUT2D eigenvalue weighted by Gasteiger charge is 2.27. The first-order valence-corrected chi connectivity index (χ1v) is 11.1. The topological polar surface area (TPSA) is 87.6 Å². The standard InChI is InChI=1S/C21H22N4O3S/c26-21-18-8-4-5-9-19(18)22-20(23-21)16-24-11-13-25(14-12-24)29(27,28)15-10-17-6-2-1-3-7-17/h1-10,15H,11-14,16H2,(H,22,23,26)/p+1/b15-10+. The van der Waals surface area contributed by atoms with Crippen molar-refractivity contribution in [3.63, 3.8) is 0 Å². The maximum absolute atomic E-state index is 12.6. The molecule has 0 saturated carbocycles. The molecule has 0 atom stereocenters. The molecule has 4 rings (SSSR count). The highest BCUT2D eigenvalue weighted by Crippen LogP contribution is 2.09. The number of quaternary nitrogens is 1. The Morgan fingerprint density at radius 2 is 1.72 bits per heavy atom. The van der Waals surface area contributed by atoms with Crippen molar-refractivity contribution in [2.75, 3.05) is 26.2 Å². The first kappa shape index (κ1) is 19.5. The van der Waals surface area contributed by atoms with E-state index in [0.29, 0.717) is 49.5 Å². The van der Waals surface area contributed by atoms with E-state index >= 15 is 0 Å². The molecule has 0 unspecified atom stereocenters. The van der Waals surface area contributed by atoms with Gasteiger partial charge in [-0.05, 0) is 23.8 Å². The fourth-order valence-corrected chi connectivity index (χ4v) is 4.70. The number of hydrogen-bond donors (Lipinski definition) is 2. The van der Waals surface area contributed by atoms with Gasteiger partial charge in [0.25, 0.3) is 5.56 Å². The van der Waals surface area contributed by atoms with Crippen molar-refractivity contribution in [2.45, 2.75) is 6.54 Å². The fraction of sp³-hybridized carbons (Fsp3) is 0.238. The van der Waals surface area contributed by atoms with Crippen LogP contribution in [0.3, 0.4) is 0 Å². The number of nitrogens with one attached hydrogen (secondary N) is 2. The monoisotopic (exact) mass is 411 g/mol. The first-order chi connectivity index (χ1) is 14.0.